The van der Waals surface area contributed by atoms with Gasteiger partial charge in [-0.05, 0) is 24.0 Å². The second kappa shape index (κ2) is 5.96. The number of nitrogens with two attached hydrogens (primary N) is 1. The van der Waals surface area contributed by atoms with Crippen LogP contribution in [0.5, 0.6) is 0 Å². The minimum absolute atomic E-state index is 0.0105. The molecule has 0 spiro atoms. The fourth-order valence-electron chi connectivity index (χ4n) is 1.82. The average molecular weight is 252 g/mol. The molecule has 0 aromatic heterocycles. The SMILES string of the molecule is CC(C)(C)CC(CN)C(=O)Nc1ccccc1F. The first kappa shape index (κ1) is 14.6. The van der Waals surface area contributed by atoms with Crippen LogP contribution in [0, 0.1) is 17.2 Å². The zero-order valence-electron chi connectivity index (χ0n) is 11.2. The van der Waals surface area contributed by atoms with Gasteiger partial charge in [-0.25, -0.2) is 4.39 Å². The molecule has 0 saturated heterocycles. The van der Waals surface area contributed by atoms with Crippen LogP contribution < -0.4 is 11.1 Å². The van der Waals surface area contributed by atoms with Crippen LogP contribution in [-0.4, -0.2) is 12.5 Å². The van der Waals surface area contributed by atoms with Crippen LogP contribution in [0.1, 0.15) is 27.2 Å². The summed E-state index contributed by atoms with van der Waals surface area (Å²) in [6.45, 7) is 6.40. The van der Waals surface area contributed by atoms with Crippen LogP contribution in [-0.2, 0) is 4.79 Å². The minimum atomic E-state index is -0.433. The van der Waals surface area contributed by atoms with Gasteiger partial charge in [0.15, 0.2) is 0 Å². The number of anilines is 1. The van der Waals surface area contributed by atoms with Gasteiger partial charge in [0.2, 0.25) is 5.91 Å². The summed E-state index contributed by atoms with van der Waals surface area (Å²) < 4.78 is 13.4. The third-order valence-electron chi connectivity index (χ3n) is 2.65. The Morgan fingerprint density at radius 3 is 2.50 bits per heavy atom. The predicted molar refractivity (Wildman–Crippen MR) is 71.6 cm³/mol. The lowest BCUT2D eigenvalue weighted by atomic mass is 9.84. The molecule has 18 heavy (non-hydrogen) atoms. The number of benzene rings is 1. The maximum absolute atomic E-state index is 13.4. The van der Waals surface area contributed by atoms with Crippen molar-refractivity contribution in [1.29, 1.82) is 0 Å². The third kappa shape index (κ3) is 4.45. The standard InChI is InChI=1S/C14H21FN2O/c1-14(2,3)8-10(9-16)13(18)17-12-7-5-4-6-11(12)15/h4-7,10H,8-9,16H2,1-3H3,(H,17,18). The molecule has 3 N–H and O–H groups in total. The summed E-state index contributed by atoms with van der Waals surface area (Å²) in [6, 6.07) is 6.12. The molecule has 3 nitrogen and oxygen atoms in total. The van der Waals surface area contributed by atoms with Gasteiger partial charge in [-0.15, -0.1) is 0 Å². The molecule has 1 aromatic carbocycles. The Kier molecular flexibility index (Phi) is 4.84. The van der Waals surface area contributed by atoms with Crippen LogP contribution in [0.4, 0.5) is 10.1 Å². The highest BCUT2D eigenvalue weighted by Crippen LogP contribution is 2.25. The average Bonchev–Trinajstić information content (AvgIpc) is 2.27. The second-order valence-electron chi connectivity index (χ2n) is 5.67. The van der Waals surface area contributed by atoms with Gasteiger partial charge in [-0.1, -0.05) is 32.9 Å². The van der Waals surface area contributed by atoms with Gasteiger partial charge >= 0.3 is 0 Å². The number of para-hydroxylation sites is 1. The van der Waals surface area contributed by atoms with Gasteiger partial charge in [0.05, 0.1) is 11.6 Å². The summed E-state index contributed by atoms with van der Waals surface area (Å²) in [5.41, 5.74) is 5.83. The van der Waals surface area contributed by atoms with E-state index in [1.807, 2.05) is 20.8 Å². The highest BCUT2D eigenvalue weighted by Gasteiger charge is 2.24. The Labute approximate surface area is 108 Å². The number of carbonyl (C=O) groups is 1. The third-order valence-corrected chi connectivity index (χ3v) is 2.65. The molecule has 0 bridgehead atoms. The number of hydrogen-bond donors (Lipinski definition) is 2. The van der Waals surface area contributed by atoms with E-state index in [0.29, 0.717) is 6.42 Å². The first-order chi connectivity index (χ1) is 8.33. The summed E-state index contributed by atoms with van der Waals surface area (Å²) in [4.78, 5) is 12.0. The Bertz CT molecular complexity index is 413. The number of hydrogen-bond acceptors (Lipinski definition) is 2. The van der Waals surface area contributed by atoms with Crippen molar-refractivity contribution in [3.8, 4) is 0 Å². The van der Waals surface area contributed by atoms with Gasteiger partial charge in [-0.2, -0.15) is 0 Å². The number of carbonyl (C=O) groups excluding carboxylic acids is 1. The van der Waals surface area contributed by atoms with Gasteiger partial charge in [-0.3, -0.25) is 4.79 Å². The van der Waals surface area contributed by atoms with E-state index in [4.69, 9.17) is 5.73 Å². The molecule has 0 heterocycles. The van der Waals surface area contributed by atoms with E-state index < -0.39 is 5.82 Å². The van der Waals surface area contributed by atoms with Crippen molar-refractivity contribution in [2.75, 3.05) is 11.9 Å². The first-order valence-corrected chi connectivity index (χ1v) is 6.09. The van der Waals surface area contributed by atoms with Crippen molar-refractivity contribution in [3.63, 3.8) is 0 Å². The quantitative estimate of drug-likeness (QED) is 0.865. The Hall–Kier alpha value is -1.42. The second-order valence-corrected chi connectivity index (χ2v) is 5.67. The Balaban J connectivity index is 2.72. The molecule has 0 fully saturated rings. The van der Waals surface area contributed by atoms with Gasteiger partial charge in [0.25, 0.3) is 0 Å². The van der Waals surface area contributed by atoms with Crippen molar-refractivity contribution in [3.05, 3.63) is 30.1 Å². The minimum Gasteiger partial charge on any atom is -0.330 e. The van der Waals surface area contributed by atoms with Crippen LogP contribution >= 0.6 is 0 Å². The highest BCUT2D eigenvalue weighted by atomic mass is 19.1. The maximum Gasteiger partial charge on any atom is 0.228 e. The van der Waals surface area contributed by atoms with Crippen molar-refractivity contribution in [2.45, 2.75) is 27.2 Å². The van der Waals surface area contributed by atoms with E-state index >= 15 is 0 Å². The Morgan fingerprint density at radius 1 is 1.39 bits per heavy atom. The van der Waals surface area contributed by atoms with Crippen LogP contribution in [0.15, 0.2) is 24.3 Å². The van der Waals surface area contributed by atoms with Crippen molar-refractivity contribution in [1.82, 2.24) is 0 Å². The fraction of sp³-hybridized carbons (Fsp3) is 0.500. The summed E-state index contributed by atoms with van der Waals surface area (Å²) in [7, 11) is 0. The van der Waals surface area contributed by atoms with Crippen molar-refractivity contribution >= 4 is 11.6 Å². The molecule has 0 aliphatic heterocycles. The normalized spacial score (nSPS) is 13.2. The lowest BCUT2D eigenvalue weighted by Gasteiger charge is -2.24. The number of rotatable bonds is 4. The molecule has 1 rings (SSSR count). The number of nitrogens with one attached hydrogen (secondary N) is 1. The van der Waals surface area contributed by atoms with Crippen LogP contribution in [0.2, 0.25) is 0 Å². The zero-order valence-corrected chi connectivity index (χ0v) is 11.2. The van der Waals surface area contributed by atoms with Gasteiger partial charge < -0.3 is 11.1 Å². The first-order valence-electron chi connectivity index (χ1n) is 6.09. The van der Waals surface area contributed by atoms with Crippen molar-refractivity contribution in [2.24, 2.45) is 17.1 Å². The highest BCUT2D eigenvalue weighted by molar-refractivity contribution is 5.92. The van der Waals surface area contributed by atoms with E-state index in [2.05, 4.69) is 5.32 Å². The molecule has 1 atom stereocenters. The molecule has 1 amide bonds. The lowest BCUT2D eigenvalue weighted by molar-refractivity contribution is -0.120. The number of amides is 1. The van der Waals surface area contributed by atoms with E-state index in [9.17, 15) is 9.18 Å². The molecule has 0 radical (unpaired) electrons. The molecule has 0 aliphatic rings. The molecular weight excluding hydrogens is 231 g/mol. The summed E-state index contributed by atoms with van der Waals surface area (Å²) in [5.74, 6) is -0.959. The topological polar surface area (TPSA) is 55.1 Å². The van der Waals surface area contributed by atoms with E-state index in [-0.39, 0.29) is 29.5 Å². The van der Waals surface area contributed by atoms with Crippen LogP contribution in [0.25, 0.3) is 0 Å². The van der Waals surface area contributed by atoms with Gasteiger partial charge in [0.1, 0.15) is 5.82 Å². The largest absolute Gasteiger partial charge is 0.330 e. The zero-order chi connectivity index (χ0) is 13.8. The molecule has 0 saturated carbocycles. The summed E-state index contributed by atoms with van der Waals surface area (Å²) in [6.07, 6.45) is 0.670. The maximum atomic E-state index is 13.4. The predicted octanol–water partition coefficient (Wildman–Crippen LogP) is 2.78. The van der Waals surface area contributed by atoms with Gasteiger partial charge in [0, 0.05) is 6.54 Å². The number of halogens is 1. The summed E-state index contributed by atoms with van der Waals surface area (Å²) >= 11 is 0. The smallest absolute Gasteiger partial charge is 0.228 e. The summed E-state index contributed by atoms with van der Waals surface area (Å²) in [5, 5.41) is 2.59. The molecule has 0 aliphatic carbocycles. The molecule has 100 valence electrons. The van der Waals surface area contributed by atoms with Crippen molar-refractivity contribution < 1.29 is 9.18 Å². The molecule has 4 heteroatoms. The fourth-order valence-corrected chi connectivity index (χ4v) is 1.82. The van der Waals surface area contributed by atoms with E-state index in [1.54, 1.807) is 12.1 Å². The van der Waals surface area contributed by atoms with Crippen LogP contribution in [0.3, 0.4) is 0 Å². The lowest BCUT2D eigenvalue weighted by Crippen LogP contribution is -2.32. The monoisotopic (exact) mass is 252 g/mol. The molecular formula is C14H21FN2O. The Morgan fingerprint density at radius 2 is 2.00 bits per heavy atom. The molecule has 1 aromatic rings. The van der Waals surface area contributed by atoms with E-state index in [1.165, 1.54) is 12.1 Å². The molecule has 1 unspecified atom stereocenters. The van der Waals surface area contributed by atoms with E-state index in [0.717, 1.165) is 0 Å².